The zero-order valence-corrected chi connectivity index (χ0v) is 10.8. The Morgan fingerprint density at radius 2 is 2.12 bits per heavy atom. The summed E-state index contributed by atoms with van der Waals surface area (Å²) in [6.07, 6.45) is 3.37. The summed E-state index contributed by atoms with van der Waals surface area (Å²) in [6, 6.07) is 0.343. The highest BCUT2D eigenvalue weighted by atomic mass is 16.5. The molecule has 0 aromatic rings. The molecule has 1 saturated heterocycles. The highest BCUT2D eigenvalue weighted by Crippen LogP contribution is 2.37. The Kier molecular flexibility index (Phi) is 3.57. The maximum atomic E-state index is 10.2. The number of ether oxygens (including phenoxy) is 1. The van der Waals surface area contributed by atoms with Crippen LogP contribution in [0.1, 0.15) is 40.0 Å². The van der Waals surface area contributed by atoms with Gasteiger partial charge in [0.2, 0.25) is 0 Å². The minimum Gasteiger partial charge on any atom is -0.391 e. The first-order chi connectivity index (χ1) is 7.48. The van der Waals surface area contributed by atoms with Crippen LogP contribution in [0.15, 0.2) is 0 Å². The van der Waals surface area contributed by atoms with Gasteiger partial charge in [-0.1, -0.05) is 13.8 Å². The minimum absolute atomic E-state index is 0.140. The van der Waals surface area contributed by atoms with Gasteiger partial charge >= 0.3 is 0 Å². The Labute approximate surface area is 98.8 Å². The summed E-state index contributed by atoms with van der Waals surface area (Å²) in [4.78, 5) is 2.43. The van der Waals surface area contributed by atoms with Gasteiger partial charge in [0.1, 0.15) is 0 Å². The summed E-state index contributed by atoms with van der Waals surface area (Å²) in [6.45, 7) is 9.50. The van der Waals surface area contributed by atoms with E-state index >= 15 is 0 Å². The molecule has 0 aromatic carbocycles. The SMILES string of the molecule is CC1CN(C2CC(C)(C)CCC2O)CCO1. The van der Waals surface area contributed by atoms with Crippen LogP contribution in [-0.2, 0) is 4.74 Å². The van der Waals surface area contributed by atoms with E-state index in [1.54, 1.807) is 0 Å². The lowest BCUT2D eigenvalue weighted by Crippen LogP contribution is -2.54. The van der Waals surface area contributed by atoms with Crippen LogP contribution in [0.4, 0.5) is 0 Å². The fraction of sp³-hybridized carbons (Fsp3) is 1.00. The maximum Gasteiger partial charge on any atom is 0.0695 e. The fourth-order valence-electron chi connectivity index (χ4n) is 3.05. The quantitative estimate of drug-likeness (QED) is 0.739. The van der Waals surface area contributed by atoms with Crippen molar-refractivity contribution in [1.29, 1.82) is 0 Å². The van der Waals surface area contributed by atoms with E-state index in [1.807, 2.05) is 0 Å². The highest BCUT2D eigenvalue weighted by molar-refractivity contribution is 4.91. The third-order valence-electron chi connectivity index (χ3n) is 4.06. The molecule has 1 N–H and O–H groups in total. The van der Waals surface area contributed by atoms with Gasteiger partial charge in [-0.3, -0.25) is 4.90 Å². The summed E-state index contributed by atoms with van der Waals surface area (Å²) < 4.78 is 5.56. The van der Waals surface area contributed by atoms with Crippen molar-refractivity contribution in [2.45, 2.75) is 58.3 Å². The normalized spacial score (nSPS) is 40.9. The molecule has 1 aliphatic carbocycles. The zero-order chi connectivity index (χ0) is 11.8. The monoisotopic (exact) mass is 227 g/mol. The minimum atomic E-state index is -0.140. The first-order valence-corrected chi connectivity index (χ1v) is 6.52. The van der Waals surface area contributed by atoms with E-state index in [0.29, 0.717) is 17.6 Å². The van der Waals surface area contributed by atoms with Gasteiger partial charge in [0.25, 0.3) is 0 Å². The van der Waals surface area contributed by atoms with Gasteiger partial charge < -0.3 is 9.84 Å². The summed E-state index contributed by atoms with van der Waals surface area (Å²) in [5.74, 6) is 0. The van der Waals surface area contributed by atoms with Crippen molar-refractivity contribution in [3.05, 3.63) is 0 Å². The largest absolute Gasteiger partial charge is 0.391 e. The highest BCUT2D eigenvalue weighted by Gasteiger charge is 2.38. The van der Waals surface area contributed by atoms with Gasteiger partial charge in [-0.15, -0.1) is 0 Å². The summed E-state index contributed by atoms with van der Waals surface area (Å²) >= 11 is 0. The first-order valence-electron chi connectivity index (χ1n) is 6.52. The van der Waals surface area contributed by atoms with E-state index in [2.05, 4.69) is 25.7 Å². The number of hydrogen-bond donors (Lipinski definition) is 1. The predicted molar refractivity (Wildman–Crippen MR) is 64.4 cm³/mol. The van der Waals surface area contributed by atoms with Crippen LogP contribution in [0.3, 0.4) is 0 Å². The number of aliphatic hydroxyl groups is 1. The number of nitrogens with zero attached hydrogens (tertiary/aromatic N) is 1. The molecule has 2 fully saturated rings. The Morgan fingerprint density at radius 1 is 1.38 bits per heavy atom. The second-order valence-corrected chi connectivity index (χ2v) is 6.22. The molecule has 94 valence electrons. The topological polar surface area (TPSA) is 32.7 Å². The van der Waals surface area contributed by atoms with Crippen LogP contribution < -0.4 is 0 Å². The number of aliphatic hydroxyl groups excluding tert-OH is 1. The second-order valence-electron chi connectivity index (χ2n) is 6.22. The lowest BCUT2D eigenvalue weighted by atomic mass is 9.73. The second kappa shape index (κ2) is 4.63. The standard InChI is InChI=1S/C13H25NO2/c1-10-9-14(6-7-16-10)11-8-13(2,3)5-4-12(11)15/h10-12,15H,4-9H2,1-3H3. The van der Waals surface area contributed by atoms with Gasteiger partial charge in [-0.2, -0.15) is 0 Å². The van der Waals surface area contributed by atoms with E-state index in [-0.39, 0.29) is 6.10 Å². The molecule has 0 spiro atoms. The molecule has 0 amide bonds. The van der Waals surface area contributed by atoms with Crippen LogP contribution >= 0.6 is 0 Å². The van der Waals surface area contributed by atoms with Crippen molar-refractivity contribution in [2.24, 2.45) is 5.41 Å². The fourth-order valence-corrected chi connectivity index (χ4v) is 3.05. The number of hydrogen-bond acceptors (Lipinski definition) is 3. The van der Waals surface area contributed by atoms with Gasteiger partial charge in [0.05, 0.1) is 18.8 Å². The Morgan fingerprint density at radius 3 is 2.81 bits per heavy atom. The molecule has 16 heavy (non-hydrogen) atoms. The molecule has 1 saturated carbocycles. The van der Waals surface area contributed by atoms with E-state index in [9.17, 15) is 5.11 Å². The van der Waals surface area contributed by atoms with Gasteiger partial charge in [0.15, 0.2) is 0 Å². The Balaban J connectivity index is 2.00. The average Bonchev–Trinajstić information content (AvgIpc) is 2.22. The van der Waals surface area contributed by atoms with E-state index in [4.69, 9.17) is 4.74 Å². The zero-order valence-electron chi connectivity index (χ0n) is 10.8. The summed E-state index contributed by atoms with van der Waals surface area (Å²) in [5, 5.41) is 10.2. The Hall–Kier alpha value is -0.120. The van der Waals surface area contributed by atoms with Gasteiger partial charge in [-0.05, 0) is 31.6 Å². The lowest BCUT2D eigenvalue weighted by molar-refractivity contribution is -0.0813. The molecule has 1 heterocycles. The molecular weight excluding hydrogens is 202 g/mol. The van der Waals surface area contributed by atoms with Crippen LogP contribution in [0, 0.1) is 5.41 Å². The van der Waals surface area contributed by atoms with Crippen LogP contribution in [0.25, 0.3) is 0 Å². The molecule has 3 atom stereocenters. The lowest BCUT2D eigenvalue weighted by Gasteiger charge is -2.46. The molecule has 3 unspecified atom stereocenters. The van der Waals surface area contributed by atoms with E-state index in [0.717, 1.165) is 39.0 Å². The van der Waals surface area contributed by atoms with Crippen LogP contribution in [-0.4, -0.2) is 48.0 Å². The molecule has 1 aliphatic heterocycles. The number of rotatable bonds is 1. The van der Waals surface area contributed by atoms with Crippen LogP contribution in [0.5, 0.6) is 0 Å². The molecule has 0 radical (unpaired) electrons. The van der Waals surface area contributed by atoms with Gasteiger partial charge in [-0.25, -0.2) is 0 Å². The molecule has 0 aromatic heterocycles. The number of morpholine rings is 1. The third kappa shape index (κ3) is 2.76. The molecule has 3 nitrogen and oxygen atoms in total. The first kappa shape index (κ1) is 12.3. The van der Waals surface area contributed by atoms with Crippen molar-refractivity contribution in [3.8, 4) is 0 Å². The predicted octanol–water partition coefficient (Wildman–Crippen LogP) is 1.65. The molecule has 2 rings (SSSR count). The third-order valence-corrected chi connectivity index (χ3v) is 4.06. The van der Waals surface area contributed by atoms with Crippen molar-refractivity contribution >= 4 is 0 Å². The molecule has 2 aliphatic rings. The van der Waals surface area contributed by atoms with Crippen molar-refractivity contribution in [2.75, 3.05) is 19.7 Å². The molecule has 3 heteroatoms. The van der Waals surface area contributed by atoms with Crippen LogP contribution in [0.2, 0.25) is 0 Å². The van der Waals surface area contributed by atoms with Crippen molar-refractivity contribution in [3.63, 3.8) is 0 Å². The molecular formula is C13H25NO2. The average molecular weight is 227 g/mol. The van der Waals surface area contributed by atoms with Gasteiger partial charge in [0, 0.05) is 19.1 Å². The smallest absolute Gasteiger partial charge is 0.0695 e. The van der Waals surface area contributed by atoms with E-state index in [1.165, 1.54) is 0 Å². The Bertz CT molecular complexity index is 242. The van der Waals surface area contributed by atoms with Crippen molar-refractivity contribution in [1.82, 2.24) is 4.90 Å². The van der Waals surface area contributed by atoms with E-state index < -0.39 is 0 Å². The maximum absolute atomic E-state index is 10.2. The summed E-state index contributed by atoms with van der Waals surface area (Å²) in [7, 11) is 0. The van der Waals surface area contributed by atoms with Crippen molar-refractivity contribution < 1.29 is 9.84 Å². The summed E-state index contributed by atoms with van der Waals surface area (Å²) in [5.41, 5.74) is 0.380. The molecule has 0 bridgehead atoms.